The van der Waals surface area contributed by atoms with Crippen LogP contribution >= 0.6 is 23.8 Å². The maximum Gasteiger partial charge on any atom is 0.127 e. The smallest absolute Gasteiger partial charge is 0.127 e. The van der Waals surface area contributed by atoms with Gasteiger partial charge in [0.15, 0.2) is 0 Å². The molecule has 0 amide bonds. The fourth-order valence-corrected chi connectivity index (χ4v) is 2.11. The minimum atomic E-state index is 0.0587. The Morgan fingerprint density at radius 1 is 1.23 bits per heavy atom. The minimum absolute atomic E-state index is 0.0587. The predicted molar refractivity (Wildman–Crippen MR) is 92.6 cm³/mol. The first-order valence-electron chi connectivity index (χ1n) is 6.48. The number of halogens is 1. The van der Waals surface area contributed by atoms with Gasteiger partial charge in [-0.25, -0.2) is 0 Å². The van der Waals surface area contributed by atoms with E-state index in [1.54, 1.807) is 6.08 Å². The van der Waals surface area contributed by atoms with Gasteiger partial charge < -0.3 is 10.5 Å². The molecule has 2 N–H and O–H groups in total. The van der Waals surface area contributed by atoms with E-state index in [0.29, 0.717) is 17.4 Å². The number of hydrogen-bond acceptors (Lipinski definition) is 3. The van der Waals surface area contributed by atoms with Gasteiger partial charge >= 0.3 is 0 Å². The zero-order valence-corrected chi connectivity index (χ0v) is 13.2. The van der Waals surface area contributed by atoms with E-state index in [4.69, 9.17) is 39.6 Å². The molecule has 0 unspecified atom stereocenters. The van der Waals surface area contributed by atoms with Gasteiger partial charge in [-0.3, -0.25) is 0 Å². The Morgan fingerprint density at radius 2 is 1.91 bits per heavy atom. The van der Waals surface area contributed by atoms with E-state index >= 15 is 0 Å². The molecule has 0 atom stereocenters. The molecule has 22 heavy (non-hydrogen) atoms. The van der Waals surface area contributed by atoms with E-state index in [1.165, 1.54) is 0 Å². The fourth-order valence-electron chi connectivity index (χ4n) is 1.82. The van der Waals surface area contributed by atoms with Gasteiger partial charge in [0.05, 0.1) is 5.57 Å². The summed E-state index contributed by atoms with van der Waals surface area (Å²) >= 11 is 11.0. The summed E-state index contributed by atoms with van der Waals surface area (Å²) in [6.07, 6.45) is 1.62. The van der Waals surface area contributed by atoms with Crippen LogP contribution in [0.2, 0.25) is 5.02 Å². The Morgan fingerprint density at radius 3 is 2.59 bits per heavy atom. The first-order chi connectivity index (χ1) is 10.6. The van der Waals surface area contributed by atoms with E-state index in [1.807, 2.05) is 54.6 Å². The number of ether oxygens (including phenoxy) is 1. The molecule has 0 bridgehead atoms. The van der Waals surface area contributed by atoms with Crippen LogP contribution in [0.15, 0.2) is 54.1 Å². The summed E-state index contributed by atoms with van der Waals surface area (Å²) < 4.78 is 5.81. The average Bonchev–Trinajstić information content (AvgIpc) is 2.52. The number of benzene rings is 2. The lowest BCUT2D eigenvalue weighted by Crippen LogP contribution is -2.09. The Labute approximate surface area is 139 Å². The second-order valence-corrected chi connectivity index (χ2v) is 5.30. The van der Waals surface area contributed by atoms with Crippen LogP contribution in [0.1, 0.15) is 11.1 Å². The number of rotatable bonds is 5. The molecule has 0 radical (unpaired) electrons. The van der Waals surface area contributed by atoms with Crippen LogP contribution in [0, 0.1) is 11.3 Å². The van der Waals surface area contributed by atoms with Crippen LogP contribution in [-0.4, -0.2) is 4.99 Å². The number of hydrogen-bond donors (Lipinski definition) is 1. The third kappa shape index (κ3) is 4.08. The summed E-state index contributed by atoms with van der Waals surface area (Å²) in [4.78, 5) is 0.0587. The summed E-state index contributed by atoms with van der Waals surface area (Å²) in [5.74, 6) is 0.631. The van der Waals surface area contributed by atoms with Gasteiger partial charge in [-0.2, -0.15) is 5.26 Å². The Balaban J connectivity index is 2.24. The number of nitriles is 1. The molecule has 0 aromatic heterocycles. The standard InChI is InChI=1S/C17H13ClN2OS/c18-15-7-3-1-6-13(15)11-21-16-8-4-2-5-12(16)9-14(10-19)17(20)22/h1-9H,11H2,(H2,20,22)/b14-9+. The molecule has 0 spiro atoms. The Hall–Kier alpha value is -2.35. The van der Waals surface area contributed by atoms with Crippen molar-refractivity contribution in [2.75, 3.05) is 0 Å². The largest absolute Gasteiger partial charge is 0.488 e. The van der Waals surface area contributed by atoms with Crippen molar-refractivity contribution in [3.63, 3.8) is 0 Å². The van der Waals surface area contributed by atoms with Gasteiger partial charge in [0.25, 0.3) is 0 Å². The van der Waals surface area contributed by atoms with E-state index in [2.05, 4.69) is 0 Å². The minimum Gasteiger partial charge on any atom is -0.488 e. The molecule has 0 aliphatic carbocycles. The Kier molecular flexibility index (Phi) is 5.54. The molecule has 2 aromatic carbocycles. The molecule has 0 saturated carbocycles. The summed E-state index contributed by atoms with van der Waals surface area (Å²) in [6, 6.07) is 16.8. The third-order valence-electron chi connectivity index (χ3n) is 2.95. The van der Waals surface area contributed by atoms with Crippen molar-refractivity contribution in [3.05, 3.63) is 70.3 Å². The topological polar surface area (TPSA) is 59.0 Å². The zero-order chi connectivity index (χ0) is 15.9. The highest BCUT2D eigenvalue weighted by Gasteiger charge is 2.06. The molecule has 0 aliphatic heterocycles. The first kappa shape index (κ1) is 16.0. The molecule has 3 nitrogen and oxygen atoms in total. The van der Waals surface area contributed by atoms with Crippen molar-refractivity contribution in [1.29, 1.82) is 5.26 Å². The van der Waals surface area contributed by atoms with Gasteiger partial charge in [-0.15, -0.1) is 0 Å². The lowest BCUT2D eigenvalue weighted by molar-refractivity contribution is 0.305. The van der Waals surface area contributed by atoms with Crippen LogP contribution < -0.4 is 10.5 Å². The molecule has 2 aromatic rings. The quantitative estimate of drug-likeness (QED) is 0.509. The number of thiocarbonyl (C=S) groups is 1. The fraction of sp³-hybridized carbons (Fsp3) is 0.0588. The van der Waals surface area contributed by atoms with Crippen molar-refractivity contribution in [2.24, 2.45) is 5.73 Å². The van der Waals surface area contributed by atoms with Crippen LogP contribution in [0.4, 0.5) is 0 Å². The lowest BCUT2D eigenvalue weighted by atomic mass is 10.1. The van der Waals surface area contributed by atoms with Crippen LogP contribution in [0.3, 0.4) is 0 Å². The highest BCUT2D eigenvalue weighted by Crippen LogP contribution is 2.24. The second kappa shape index (κ2) is 7.60. The summed E-state index contributed by atoms with van der Waals surface area (Å²) in [5.41, 5.74) is 7.37. The highest BCUT2D eigenvalue weighted by molar-refractivity contribution is 7.80. The van der Waals surface area contributed by atoms with Gasteiger partial charge in [0.1, 0.15) is 23.4 Å². The zero-order valence-electron chi connectivity index (χ0n) is 11.6. The lowest BCUT2D eigenvalue weighted by Gasteiger charge is -2.10. The van der Waals surface area contributed by atoms with E-state index in [-0.39, 0.29) is 10.6 Å². The monoisotopic (exact) mass is 328 g/mol. The number of nitrogens with zero attached hydrogens (tertiary/aromatic N) is 1. The van der Waals surface area contributed by atoms with E-state index < -0.39 is 0 Å². The molecular formula is C17H13ClN2OS. The summed E-state index contributed by atoms with van der Waals surface area (Å²) in [6.45, 7) is 0.333. The van der Waals surface area contributed by atoms with E-state index in [0.717, 1.165) is 11.1 Å². The van der Waals surface area contributed by atoms with Gasteiger partial charge in [0.2, 0.25) is 0 Å². The summed E-state index contributed by atoms with van der Waals surface area (Å²) in [7, 11) is 0. The van der Waals surface area contributed by atoms with Gasteiger partial charge in [0, 0.05) is 16.1 Å². The van der Waals surface area contributed by atoms with Gasteiger partial charge in [-0.1, -0.05) is 60.2 Å². The molecule has 5 heteroatoms. The highest BCUT2D eigenvalue weighted by atomic mass is 35.5. The second-order valence-electron chi connectivity index (χ2n) is 4.45. The average molecular weight is 329 g/mol. The van der Waals surface area contributed by atoms with Crippen molar-refractivity contribution >= 4 is 34.9 Å². The Bertz CT molecular complexity index is 765. The SMILES string of the molecule is N#C/C(=C\c1ccccc1OCc1ccccc1Cl)C(N)=S. The predicted octanol–water partition coefficient (Wildman–Crippen LogP) is 4.11. The third-order valence-corrected chi connectivity index (χ3v) is 3.53. The normalized spacial score (nSPS) is 10.8. The maximum absolute atomic E-state index is 9.05. The maximum atomic E-state index is 9.05. The molecular weight excluding hydrogens is 316 g/mol. The van der Waals surface area contributed by atoms with Crippen molar-refractivity contribution in [1.82, 2.24) is 0 Å². The molecule has 110 valence electrons. The van der Waals surface area contributed by atoms with Crippen molar-refractivity contribution in [2.45, 2.75) is 6.61 Å². The molecule has 0 saturated heterocycles. The van der Waals surface area contributed by atoms with Crippen LogP contribution in [0.25, 0.3) is 6.08 Å². The molecule has 0 aliphatic rings. The van der Waals surface area contributed by atoms with Crippen LogP contribution in [-0.2, 0) is 6.61 Å². The molecule has 2 rings (SSSR count). The van der Waals surface area contributed by atoms with Crippen LogP contribution in [0.5, 0.6) is 5.75 Å². The molecule has 0 heterocycles. The first-order valence-corrected chi connectivity index (χ1v) is 7.27. The van der Waals surface area contributed by atoms with E-state index in [9.17, 15) is 0 Å². The van der Waals surface area contributed by atoms with Crippen molar-refractivity contribution in [3.8, 4) is 11.8 Å². The van der Waals surface area contributed by atoms with Crippen molar-refractivity contribution < 1.29 is 4.74 Å². The number of para-hydroxylation sites is 1. The molecule has 0 fully saturated rings. The number of nitrogens with two attached hydrogens (primary N) is 1. The summed E-state index contributed by atoms with van der Waals surface area (Å²) in [5, 5.41) is 9.70. The van der Waals surface area contributed by atoms with Gasteiger partial charge in [-0.05, 0) is 18.2 Å².